The molecule has 0 unspecified atom stereocenters. The van der Waals surface area contributed by atoms with Crippen molar-refractivity contribution in [2.75, 3.05) is 6.54 Å². The Morgan fingerprint density at radius 3 is 2.67 bits per heavy atom. The van der Waals surface area contributed by atoms with E-state index in [-0.39, 0.29) is 5.78 Å². The lowest BCUT2D eigenvalue weighted by Crippen LogP contribution is -2.34. The fourth-order valence-corrected chi connectivity index (χ4v) is 5.07. The zero-order valence-electron chi connectivity index (χ0n) is 15.3. The van der Waals surface area contributed by atoms with Crippen LogP contribution in [0.3, 0.4) is 0 Å². The summed E-state index contributed by atoms with van der Waals surface area (Å²) in [4.78, 5) is 24.2. The highest BCUT2D eigenvalue weighted by molar-refractivity contribution is 7.14. The number of aromatic nitrogens is 4. The third kappa shape index (κ3) is 3.26. The number of aryl methyl sites for hydroxylation is 1. The van der Waals surface area contributed by atoms with Crippen LogP contribution in [-0.4, -0.2) is 49.5 Å². The normalized spacial score (nSPS) is 22.0. The fourth-order valence-electron chi connectivity index (χ4n) is 4.41. The van der Waals surface area contributed by atoms with Crippen molar-refractivity contribution in [3.8, 4) is 10.7 Å². The van der Waals surface area contributed by atoms with Crippen molar-refractivity contribution in [1.82, 2.24) is 25.1 Å². The van der Waals surface area contributed by atoms with Crippen molar-refractivity contribution < 1.29 is 4.79 Å². The van der Waals surface area contributed by atoms with Crippen LogP contribution in [0.2, 0.25) is 0 Å². The van der Waals surface area contributed by atoms with Gasteiger partial charge in [-0.1, -0.05) is 11.3 Å². The van der Waals surface area contributed by atoms with E-state index in [0.29, 0.717) is 25.0 Å². The average Bonchev–Trinajstić information content (AvgIpc) is 3.37. The third-order valence-corrected chi connectivity index (χ3v) is 6.58. The fraction of sp³-hybridized carbons (Fsp3) is 0.450. The Hall–Kier alpha value is -2.25. The monoisotopic (exact) mass is 379 g/mol. The minimum Gasteiger partial charge on any atom is -0.298 e. The molecule has 0 atom stereocenters. The van der Waals surface area contributed by atoms with Gasteiger partial charge < -0.3 is 0 Å². The van der Waals surface area contributed by atoms with Crippen molar-refractivity contribution in [2.24, 2.45) is 0 Å². The summed E-state index contributed by atoms with van der Waals surface area (Å²) in [6.07, 6.45) is 7.19. The number of nitrogens with zero attached hydrogens (tertiary/aromatic N) is 5. The lowest BCUT2D eigenvalue weighted by Gasteiger charge is -2.20. The van der Waals surface area contributed by atoms with Gasteiger partial charge in [-0.15, -0.1) is 10.2 Å². The van der Waals surface area contributed by atoms with Crippen molar-refractivity contribution in [1.29, 1.82) is 0 Å². The summed E-state index contributed by atoms with van der Waals surface area (Å²) in [7, 11) is 0. The van der Waals surface area contributed by atoms with Crippen LogP contribution in [-0.2, 0) is 11.2 Å². The number of pyridine rings is 2. The second-order valence-electron chi connectivity index (χ2n) is 7.54. The van der Waals surface area contributed by atoms with E-state index in [1.54, 1.807) is 6.20 Å². The van der Waals surface area contributed by atoms with Crippen LogP contribution in [0.1, 0.15) is 36.4 Å². The second kappa shape index (κ2) is 6.73. The highest BCUT2D eigenvalue weighted by Crippen LogP contribution is 2.37. The molecule has 5 rings (SSSR count). The molecule has 0 spiro atoms. The van der Waals surface area contributed by atoms with Crippen LogP contribution < -0.4 is 0 Å². The van der Waals surface area contributed by atoms with E-state index < -0.39 is 0 Å². The van der Waals surface area contributed by atoms with Gasteiger partial charge in [0.05, 0.1) is 18.5 Å². The van der Waals surface area contributed by atoms with Crippen LogP contribution in [0.4, 0.5) is 0 Å². The maximum absolute atomic E-state index is 12.6. The van der Waals surface area contributed by atoms with E-state index in [1.807, 2.05) is 25.1 Å². The SMILES string of the molecule is Cc1nnc(-c2ccc3cnc(CC(=O)CN4C5CCC4CC5)cc3n2)s1. The molecule has 5 heterocycles. The van der Waals surface area contributed by atoms with Crippen LogP contribution in [0.25, 0.3) is 21.6 Å². The van der Waals surface area contributed by atoms with Gasteiger partial charge in [0, 0.05) is 29.4 Å². The number of ketones is 1. The summed E-state index contributed by atoms with van der Waals surface area (Å²) in [5.41, 5.74) is 2.45. The summed E-state index contributed by atoms with van der Waals surface area (Å²) in [6, 6.07) is 7.13. The van der Waals surface area contributed by atoms with Gasteiger partial charge in [-0.2, -0.15) is 0 Å². The molecule has 6 nitrogen and oxygen atoms in total. The predicted molar refractivity (Wildman–Crippen MR) is 105 cm³/mol. The number of carbonyl (C=O) groups is 1. The number of carbonyl (C=O) groups excluding carboxylic acids is 1. The molecule has 27 heavy (non-hydrogen) atoms. The highest BCUT2D eigenvalue weighted by Gasteiger charge is 2.39. The molecule has 3 aromatic rings. The molecule has 7 heteroatoms. The number of fused-ring (bicyclic) bond motifs is 3. The summed E-state index contributed by atoms with van der Waals surface area (Å²) < 4.78 is 0. The average molecular weight is 379 g/mol. The summed E-state index contributed by atoms with van der Waals surface area (Å²) in [5, 5.41) is 10.9. The Morgan fingerprint density at radius 1 is 1.19 bits per heavy atom. The molecule has 2 bridgehead atoms. The van der Waals surface area contributed by atoms with Gasteiger partial charge in [0.1, 0.15) is 10.7 Å². The van der Waals surface area contributed by atoms with Crippen LogP contribution in [0.5, 0.6) is 0 Å². The van der Waals surface area contributed by atoms with Gasteiger partial charge in [0.25, 0.3) is 0 Å². The molecule has 0 aromatic carbocycles. The number of rotatable bonds is 5. The zero-order chi connectivity index (χ0) is 18.4. The maximum Gasteiger partial charge on any atom is 0.166 e. The van der Waals surface area contributed by atoms with E-state index in [1.165, 1.54) is 37.0 Å². The van der Waals surface area contributed by atoms with Crippen molar-refractivity contribution in [3.05, 3.63) is 35.1 Å². The molecule has 138 valence electrons. The van der Waals surface area contributed by atoms with Crippen LogP contribution in [0.15, 0.2) is 24.4 Å². The maximum atomic E-state index is 12.6. The Balaban J connectivity index is 1.35. The number of hydrogen-bond acceptors (Lipinski definition) is 7. The first-order valence-electron chi connectivity index (χ1n) is 9.49. The molecule has 0 radical (unpaired) electrons. The molecular formula is C20H21N5OS. The molecule has 0 amide bonds. The van der Waals surface area contributed by atoms with E-state index >= 15 is 0 Å². The minimum absolute atomic E-state index is 0.247. The minimum atomic E-state index is 0.247. The molecular weight excluding hydrogens is 358 g/mol. The number of hydrogen-bond donors (Lipinski definition) is 0. The zero-order valence-corrected chi connectivity index (χ0v) is 16.1. The Morgan fingerprint density at radius 2 is 1.96 bits per heavy atom. The second-order valence-corrected chi connectivity index (χ2v) is 8.72. The van der Waals surface area contributed by atoms with Gasteiger partial charge in [0.2, 0.25) is 0 Å². The lowest BCUT2D eigenvalue weighted by molar-refractivity contribution is -0.119. The van der Waals surface area contributed by atoms with Gasteiger partial charge in [-0.3, -0.25) is 14.7 Å². The lowest BCUT2D eigenvalue weighted by atomic mass is 10.0. The van der Waals surface area contributed by atoms with E-state index in [0.717, 1.165) is 32.3 Å². The Labute approximate surface area is 161 Å². The van der Waals surface area contributed by atoms with E-state index in [2.05, 4.69) is 20.1 Å². The quantitative estimate of drug-likeness (QED) is 0.678. The molecule has 2 saturated heterocycles. The van der Waals surface area contributed by atoms with E-state index in [4.69, 9.17) is 4.98 Å². The first kappa shape index (κ1) is 16.9. The predicted octanol–water partition coefficient (Wildman–Crippen LogP) is 3.20. The van der Waals surface area contributed by atoms with Crippen molar-refractivity contribution in [2.45, 2.75) is 51.1 Å². The van der Waals surface area contributed by atoms with Gasteiger partial charge in [0.15, 0.2) is 10.8 Å². The van der Waals surface area contributed by atoms with Crippen molar-refractivity contribution in [3.63, 3.8) is 0 Å². The van der Waals surface area contributed by atoms with Crippen molar-refractivity contribution >= 4 is 28.0 Å². The largest absolute Gasteiger partial charge is 0.298 e. The van der Waals surface area contributed by atoms with Crippen LogP contribution >= 0.6 is 11.3 Å². The van der Waals surface area contributed by atoms with Crippen LogP contribution in [0, 0.1) is 6.92 Å². The molecule has 0 N–H and O–H groups in total. The highest BCUT2D eigenvalue weighted by atomic mass is 32.1. The van der Waals surface area contributed by atoms with Gasteiger partial charge >= 0.3 is 0 Å². The first-order chi connectivity index (χ1) is 13.2. The third-order valence-electron chi connectivity index (χ3n) is 5.72. The summed E-state index contributed by atoms with van der Waals surface area (Å²) in [5.74, 6) is 0.247. The molecule has 2 aliphatic rings. The summed E-state index contributed by atoms with van der Waals surface area (Å²) >= 11 is 1.53. The van der Waals surface area contributed by atoms with E-state index in [9.17, 15) is 4.79 Å². The Kier molecular flexibility index (Phi) is 4.21. The molecule has 0 saturated carbocycles. The smallest absolute Gasteiger partial charge is 0.166 e. The first-order valence-corrected chi connectivity index (χ1v) is 10.3. The standard InChI is InChI=1S/C20H21N5OS/c1-12-23-24-20(27-12)18-7-2-13-10-21-14(9-19(13)22-18)8-17(26)11-25-15-3-4-16(25)6-5-15/h2,7,9-10,15-16H,3-6,8,11H2,1H3. The molecule has 2 fully saturated rings. The molecule has 2 aliphatic heterocycles. The topological polar surface area (TPSA) is 71.9 Å². The summed E-state index contributed by atoms with van der Waals surface area (Å²) in [6.45, 7) is 2.50. The Bertz CT molecular complexity index is 997. The number of Topliss-reactive ketones (excluding diaryl/α,β-unsaturated/α-hetero) is 1. The molecule has 3 aromatic heterocycles. The van der Waals surface area contributed by atoms with Gasteiger partial charge in [-0.25, -0.2) is 4.98 Å². The van der Waals surface area contributed by atoms with Gasteiger partial charge in [-0.05, 0) is 50.8 Å². The molecule has 0 aliphatic carbocycles.